The number of rotatable bonds is 7. The fraction of sp³-hybridized carbons (Fsp3) is 0.462. The topological polar surface area (TPSA) is 92.5 Å². The van der Waals surface area contributed by atoms with Crippen molar-refractivity contribution in [1.82, 2.24) is 9.62 Å². The number of amides is 1. The van der Waals surface area contributed by atoms with Gasteiger partial charge in [0.2, 0.25) is 15.9 Å². The van der Waals surface area contributed by atoms with Gasteiger partial charge in [0.25, 0.3) is 0 Å². The molecular formula is C13H21ClFN3O3S. The molecule has 0 aromatic heterocycles. The zero-order chi connectivity index (χ0) is 16.0. The number of hydrogen-bond acceptors (Lipinski definition) is 4. The molecule has 6 nitrogen and oxygen atoms in total. The molecule has 1 rings (SSSR count). The van der Waals surface area contributed by atoms with E-state index in [4.69, 9.17) is 5.73 Å². The minimum absolute atomic E-state index is 0. The van der Waals surface area contributed by atoms with Crippen LogP contribution in [-0.4, -0.2) is 45.4 Å². The predicted molar refractivity (Wildman–Crippen MR) is 84.7 cm³/mol. The van der Waals surface area contributed by atoms with Gasteiger partial charge >= 0.3 is 0 Å². The normalized spacial score (nSPS) is 12.4. The van der Waals surface area contributed by atoms with Crippen LogP contribution in [0.3, 0.4) is 0 Å². The Bertz CT molecular complexity index is 598. The summed E-state index contributed by atoms with van der Waals surface area (Å²) in [4.78, 5) is 12.8. The number of sulfonamides is 1. The Hall–Kier alpha value is -1.22. The third kappa shape index (κ3) is 5.53. The largest absolute Gasteiger partial charge is 0.342 e. The second-order valence-electron chi connectivity index (χ2n) is 4.67. The van der Waals surface area contributed by atoms with Crippen molar-refractivity contribution in [1.29, 1.82) is 0 Å². The first kappa shape index (κ1) is 20.8. The van der Waals surface area contributed by atoms with Crippen LogP contribution in [0.15, 0.2) is 29.2 Å². The van der Waals surface area contributed by atoms with Crippen molar-refractivity contribution in [2.45, 2.75) is 24.3 Å². The summed E-state index contributed by atoms with van der Waals surface area (Å²) in [7, 11) is -2.36. The Morgan fingerprint density at radius 2 is 2.00 bits per heavy atom. The number of carbonyl (C=O) groups is 1. The van der Waals surface area contributed by atoms with Crippen LogP contribution >= 0.6 is 12.4 Å². The number of halogens is 2. The highest BCUT2D eigenvalue weighted by Crippen LogP contribution is 2.12. The Labute approximate surface area is 136 Å². The van der Waals surface area contributed by atoms with Gasteiger partial charge in [0.1, 0.15) is 10.7 Å². The van der Waals surface area contributed by atoms with Crippen LogP contribution in [0.1, 0.15) is 13.3 Å². The molecule has 0 aliphatic carbocycles. The number of benzene rings is 1. The maximum absolute atomic E-state index is 13.4. The van der Waals surface area contributed by atoms with E-state index in [9.17, 15) is 17.6 Å². The lowest BCUT2D eigenvalue weighted by atomic mass is 10.2. The predicted octanol–water partition coefficient (Wildman–Crippen LogP) is 0.722. The Morgan fingerprint density at radius 1 is 1.41 bits per heavy atom. The van der Waals surface area contributed by atoms with Crippen molar-refractivity contribution >= 4 is 28.3 Å². The lowest BCUT2D eigenvalue weighted by molar-refractivity contribution is -0.131. The molecule has 1 unspecified atom stereocenters. The van der Waals surface area contributed by atoms with Crippen molar-refractivity contribution in [3.05, 3.63) is 30.1 Å². The summed E-state index contributed by atoms with van der Waals surface area (Å²) in [6.07, 6.45) is -0.0193. The number of nitrogens with one attached hydrogen (secondary N) is 1. The van der Waals surface area contributed by atoms with Crippen molar-refractivity contribution < 1.29 is 17.6 Å². The SMILES string of the molecule is CC(CN)N(C)C(=O)CCNS(=O)(=O)c1ccccc1F.Cl. The fourth-order valence-corrected chi connectivity index (χ4v) is 2.72. The molecule has 22 heavy (non-hydrogen) atoms. The first-order valence-electron chi connectivity index (χ1n) is 6.49. The third-order valence-electron chi connectivity index (χ3n) is 3.15. The van der Waals surface area contributed by atoms with Crippen molar-refractivity contribution in [2.75, 3.05) is 20.1 Å². The van der Waals surface area contributed by atoms with E-state index < -0.39 is 20.7 Å². The fourth-order valence-electron chi connectivity index (χ4n) is 1.61. The van der Waals surface area contributed by atoms with Crippen LogP contribution < -0.4 is 10.5 Å². The van der Waals surface area contributed by atoms with Crippen LogP contribution in [0.25, 0.3) is 0 Å². The molecule has 0 heterocycles. The Balaban J connectivity index is 0.00000441. The van der Waals surface area contributed by atoms with E-state index in [0.717, 1.165) is 6.07 Å². The number of nitrogens with zero attached hydrogens (tertiary/aromatic N) is 1. The summed E-state index contributed by atoms with van der Waals surface area (Å²) in [5.41, 5.74) is 5.45. The summed E-state index contributed by atoms with van der Waals surface area (Å²) >= 11 is 0. The molecule has 0 saturated carbocycles. The molecule has 1 atom stereocenters. The number of hydrogen-bond donors (Lipinski definition) is 2. The average molecular weight is 354 g/mol. The molecule has 0 aliphatic heterocycles. The Morgan fingerprint density at radius 3 is 2.55 bits per heavy atom. The van der Waals surface area contributed by atoms with Crippen molar-refractivity contribution in [3.63, 3.8) is 0 Å². The molecule has 0 saturated heterocycles. The van der Waals surface area contributed by atoms with Gasteiger partial charge in [-0.2, -0.15) is 0 Å². The molecule has 0 fully saturated rings. The first-order valence-corrected chi connectivity index (χ1v) is 7.98. The number of nitrogens with two attached hydrogens (primary N) is 1. The quantitative estimate of drug-likeness (QED) is 0.755. The summed E-state index contributed by atoms with van der Waals surface area (Å²) < 4.78 is 39.5. The lowest BCUT2D eigenvalue weighted by Gasteiger charge is -2.23. The summed E-state index contributed by atoms with van der Waals surface area (Å²) in [6, 6.07) is 4.94. The molecule has 126 valence electrons. The molecule has 1 aromatic rings. The second-order valence-corrected chi connectivity index (χ2v) is 6.40. The van der Waals surface area contributed by atoms with Gasteiger partial charge in [0, 0.05) is 32.6 Å². The standard InChI is InChI=1S/C13H20FN3O3S.ClH/c1-10(9-15)17(2)13(18)7-8-16-21(19,20)12-6-4-3-5-11(12)14;/h3-6,10,16H,7-9,15H2,1-2H3;1H. The molecule has 3 N–H and O–H groups in total. The molecule has 9 heteroatoms. The molecule has 0 radical (unpaired) electrons. The molecule has 1 amide bonds. The molecule has 0 aliphatic rings. The van der Waals surface area contributed by atoms with Gasteiger partial charge < -0.3 is 10.6 Å². The highest BCUT2D eigenvalue weighted by atomic mass is 35.5. The van der Waals surface area contributed by atoms with Gasteiger partial charge in [-0.25, -0.2) is 17.5 Å². The van der Waals surface area contributed by atoms with E-state index in [0.29, 0.717) is 6.54 Å². The highest BCUT2D eigenvalue weighted by molar-refractivity contribution is 7.89. The van der Waals surface area contributed by atoms with E-state index in [1.807, 2.05) is 0 Å². The van der Waals surface area contributed by atoms with Crippen molar-refractivity contribution in [2.24, 2.45) is 5.73 Å². The van der Waals surface area contributed by atoms with E-state index in [-0.39, 0.29) is 37.3 Å². The van der Waals surface area contributed by atoms with E-state index in [2.05, 4.69) is 4.72 Å². The summed E-state index contributed by atoms with van der Waals surface area (Å²) in [5.74, 6) is -1.06. The minimum Gasteiger partial charge on any atom is -0.342 e. The van der Waals surface area contributed by atoms with Crippen molar-refractivity contribution in [3.8, 4) is 0 Å². The molecule has 0 spiro atoms. The monoisotopic (exact) mass is 353 g/mol. The van der Waals surface area contributed by atoms with Crippen LogP contribution in [0.2, 0.25) is 0 Å². The third-order valence-corrected chi connectivity index (χ3v) is 4.65. The average Bonchev–Trinajstić information content (AvgIpc) is 2.45. The van der Waals surface area contributed by atoms with E-state index in [1.165, 1.54) is 23.1 Å². The summed E-state index contributed by atoms with van der Waals surface area (Å²) in [5, 5.41) is 0. The van der Waals surface area contributed by atoms with Crippen LogP contribution in [0, 0.1) is 5.82 Å². The first-order chi connectivity index (χ1) is 9.79. The van der Waals surface area contributed by atoms with Gasteiger partial charge in [-0.15, -0.1) is 12.4 Å². The van der Waals surface area contributed by atoms with Gasteiger partial charge in [-0.3, -0.25) is 4.79 Å². The molecule has 1 aromatic carbocycles. The van der Waals surface area contributed by atoms with Crippen LogP contribution in [-0.2, 0) is 14.8 Å². The maximum atomic E-state index is 13.4. The maximum Gasteiger partial charge on any atom is 0.243 e. The minimum atomic E-state index is -3.96. The zero-order valence-electron chi connectivity index (χ0n) is 12.5. The lowest BCUT2D eigenvalue weighted by Crippen LogP contribution is -2.41. The van der Waals surface area contributed by atoms with Gasteiger partial charge in [-0.1, -0.05) is 12.1 Å². The molecular weight excluding hydrogens is 333 g/mol. The smallest absolute Gasteiger partial charge is 0.243 e. The Kier molecular flexibility index (Phi) is 8.54. The van der Waals surface area contributed by atoms with E-state index >= 15 is 0 Å². The highest BCUT2D eigenvalue weighted by Gasteiger charge is 2.19. The zero-order valence-corrected chi connectivity index (χ0v) is 14.1. The van der Waals surface area contributed by atoms with Gasteiger partial charge in [0.15, 0.2) is 0 Å². The molecule has 0 bridgehead atoms. The number of likely N-dealkylation sites (N-methyl/N-ethyl adjacent to an activating group) is 1. The van der Waals surface area contributed by atoms with E-state index in [1.54, 1.807) is 14.0 Å². The van der Waals surface area contributed by atoms with Gasteiger partial charge in [-0.05, 0) is 19.1 Å². The van der Waals surface area contributed by atoms with Gasteiger partial charge in [0.05, 0.1) is 0 Å². The van der Waals surface area contributed by atoms with Crippen LogP contribution in [0.4, 0.5) is 4.39 Å². The summed E-state index contributed by atoms with van der Waals surface area (Å²) in [6.45, 7) is 2.02. The second kappa shape index (κ2) is 9.04. The van der Waals surface area contributed by atoms with Crippen LogP contribution in [0.5, 0.6) is 0 Å². The number of carbonyl (C=O) groups excluding carboxylic acids is 1.